The molecule has 1 aromatic rings. The molecular weight excluding hydrogens is 176 g/mol. The lowest BCUT2D eigenvalue weighted by atomic mass is 10.3. The minimum absolute atomic E-state index is 0.0289. The van der Waals surface area contributed by atoms with Crippen molar-refractivity contribution in [3.05, 3.63) is 17.5 Å². The number of aromatic nitrogens is 2. The van der Waals surface area contributed by atoms with Crippen molar-refractivity contribution in [2.75, 3.05) is 0 Å². The maximum atomic E-state index is 10.5. The molecule has 0 bridgehead atoms. The van der Waals surface area contributed by atoms with Crippen molar-refractivity contribution in [3.63, 3.8) is 0 Å². The van der Waals surface area contributed by atoms with Gasteiger partial charge in [-0.25, -0.2) is 4.79 Å². The average molecular weight is 184 g/mol. The number of aryl methyl sites for hydroxylation is 1. The van der Waals surface area contributed by atoms with Crippen molar-refractivity contribution in [3.8, 4) is 0 Å². The molecule has 0 saturated carbocycles. The molecule has 0 radical (unpaired) electrons. The van der Waals surface area contributed by atoms with Gasteiger partial charge in [-0.15, -0.1) is 0 Å². The van der Waals surface area contributed by atoms with E-state index < -0.39 is 11.9 Å². The Morgan fingerprint density at radius 3 is 2.54 bits per heavy atom. The molecule has 0 fully saturated rings. The lowest BCUT2D eigenvalue weighted by molar-refractivity contribution is -0.137. The van der Waals surface area contributed by atoms with Gasteiger partial charge >= 0.3 is 11.9 Å². The molecule has 0 atom stereocenters. The van der Waals surface area contributed by atoms with Crippen molar-refractivity contribution >= 4 is 11.9 Å². The zero-order chi connectivity index (χ0) is 10.0. The molecule has 0 saturated heterocycles. The number of rotatable bonds is 3. The van der Waals surface area contributed by atoms with Crippen LogP contribution in [0.5, 0.6) is 0 Å². The quantitative estimate of drug-likeness (QED) is 0.688. The van der Waals surface area contributed by atoms with Gasteiger partial charge < -0.3 is 10.2 Å². The van der Waals surface area contributed by atoms with Gasteiger partial charge in [-0.2, -0.15) is 5.10 Å². The van der Waals surface area contributed by atoms with E-state index in [9.17, 15) is 9.59 Å². The molecule has 6 nitrogen and oxygen atoms in total. The standard InChI is InChI=1S/C7H8N2O4/c1-4-5(7(12)13)2-9(8-4)3-6(10)11/h2H,3H2,1H3,(H,10,11)(H,12,13). The monoisotopic (exact) mass is 184 g/mol. The summed E-state index contributed by atoms with van der Waals surface area (Å²) in [5.74, 6) is -2.16. The highest BCUT2D eigenvalue weighted by atomic mass is 16.4. The van der Waals surface area contributed by atoms with Crippen LogP contribution >= 0.6 is 0 Å². The van der Waals surface area contributed by atoms with Crippen molar-refractivity contribution in [2.45, 2.75) is 13.5 Å². The molecule has 1 aromatic heterocycles. The Morgan fingerprint density at radius 2 is 2.15 bits per heavy atom. The van der Waals surface area contributed by atoms with Crippen molar-refractivity contribution in [1.82, 2.24) is 9.78 Å². The Labute approximate surface area is 73.4 Å². The minimum Gasteiger partial charge on any atom is -0.480 e. The Hall–Kier alpha value is -1.85. The third-order valence-corrected chi connectivity index (χ3v) is 1.47. The normalized spacial score (nSPS) is 9.92. The number of hydrogen-bond acceptors (Lipinski definition) is 3. The molecule has 2 N–H and O–H groups in total. The molecular formula is C7H8N2O4. The summed E-state index contributed by atoms with van der Waals surface area (Å²) in [6.45, 7) is 1.19. The zero-order valence-electron chi connectivity index (χ0n) is 6.89. The van der Waals surface area contributed by atoms with Crippen LogP contribution in [0.2, 0.25) is 0 Å². The second-order valence-electron chi connectivity index (χ2n) is 2.52. The van der Waals surface area contributed by atoms with E-state index in [0.29, 0.717) is 5.69 Å². The van der Waals surface area contributed by atoms with Gasteiger partial charge in [0.05, 0.1) is 5.69 Å². The summed E-state index contributed by atoms with van der Waals surface area (Å²) in [7, 11) is 0. The largest absolute Gasteiger partial charge is 0.480 e. The summed E-state index contributed by atoms with van der Waals surface area (Å²) in [5.41, 5.74) is 0.343. The molecule has 0 aliphatic heterocycles. The van der Waals surface area contributed by atoms with E-state index in [4.69, 9.17) is 10.2 Å². The maximum absolute atomic E-state index is 10.5. The first kappa shape index (κ1) is 9.24. The molecule has 0 aromatic carbocycles. The summed E-state index contributed by atoms with van der Waals surface area (Å²) in [5, 5.41) is 20.7. The fraction of sp³-hybridized carbons (Fsp3) is 0.286. The number of nitrogens with zero attached hydrogens (tertiary/aromatic N) is 2. The van der Waals surface area contributed by atoms with Gasteiger partial charge in [-0.1, -0.05) is 0 Å². The zero-order valence-corrected chi connectivity index (χ0v) is 6.89. The lowest BCUT2D eigenvalue weighted by Crippen LogP contribution is -2.09. The van der Waals surface area contributed by atoms with Crippen molar-refractivity contribution < 1.29 is 19.8 Å². The molecule has 13 heavy (non-hydrogen) atoms. The van der Waals surface area contributed by atoms with E-state index in [2.05, 4.69) is 5.10 Å². The molecule has 0 amide bonds. The molecule has 70 valence electrons. The fourth-order valence-corrected chi connectivity index (χ4v) is 0.947. The SMILES string of the molecule is Cc1nn(CC(=O)O)cc1C(=O)O. The van der Waals surface area contributed by atoms with Crippen molar-refractivity contribution in [2.24, 2.45) is 0 Å². The number of aliphatic carboxylic acids is 1. The Morgan fingerprint density at radius 1 is 1.54 bits per heavy atom. The first-order chi connectivity index (χ1) is 6.00. The van der Waals surface area contributed by atoms with Crippen molar-refractivity contribution in [1.29, 1.82) is 0 Å². The first-order valence-electron chi connectivity index (χ1n) is 3.50. The van der Waals surface area contributed by atoms with Gasteiger partial charge in [0.2, 0.25) is 0 Å². The average Bonchev–Trinajstić information content (AvgIpc) is 2.29. The summed E-state index contributed by atoms with van der Waals surface area (Å²) >= 11 is 0. The number of hydrogen-bond donors (Lipinski definition) is 2. The van der Waals surface area contributed by atoms with Crippen LogP contribution in [0.3, 0.4) is 0 Å². The van der Waals surface area contributed by atoms with Gasteiger partial charge in [0.1, 0.15) is 12.1 Å². The second kappa shape index (κ2) is 3.26. The van der Waals surface area contributed by atoms with E-state index in [1.165, 1.54) is 13.1 Å². The highest BCUT2D eigenvalue weighted by Crippen LogP contribution is 2.04. The van der Waals surface area contributed by atoms with Crippen LogP contribution in [0, 0.1) is 6.92 Å². The number of aromatic carboxylic acids is 1. The third kappa shape index (κ3) is 2.05. The van der Waals surface area contributed by atoms with Gasteiger partial charge in [0.15, 0.2) is 0 Å². The van der Waals surface area contributed by atoms with Crippen LogP contribution in [-0.2, 0) is 11.3 Å². The molecule has 0 aliphatic rings. The number of carbonyl (C=O) groups is 2. The first-order valence-corrected chi connectivity index (χ1v) is 3.50. The Balaban J connectivity index is 2.95. The minimum atomic E-state index is -1.10. The van der Waals surface area contributed by atoms with Crippen LogP contribution in [0.1, 0.15) is 16.1 Å². The summed E-state index contributed by atoms with van der Waals surface area (Å²) < 4.78 is 1.08. The van der Waals surface area contributed by atoms with Crippen LogP contribution in [0.4, 0.5) is 0 Å². The lowest BCUT2D eigenvalue weighted by Gasteiger charge is -1.92. The van der Waals surface area contributed by atoms with Crippen LogP contribution in [-0.4, -0.2) is 31.9 Å². The molecule has 0 spiro atoms. The van der Waals surface area contributed by atoms with Crippen LogP contribution in [0.25, 0.3) is 0 Å². The molecule has 1 rings (SSSR count). The highest BCUT2D eigenvalue weighted by Gasteiger charge is 2.12. The van der Waals surface area contributed by atoms with E-state index in [0.717, 1.165) is 4.68 Å². The van der Waals surface area contributed by atoms with Crippen LogP contribution < -0.4 is 0 Å². The summed E-state index contributed by atoms with van der Waals surface area (Å²) in [4.78, 5) is 20.8. The molecule has 1 heterocycles. The maximum Gasteiger partial charge on any atom is 0.339 e. The smallest absolute Gasteiger partial charge is 0.339 e. The van der Waals surface area contributed by atoms with E-state index >= 15 is 0 Å². The van der Waals surface area contributed by atoms with Gasteiger partial charge in [-0.3, -0.25) is 9.48 Å². The second-order valence-corrected chi connectivity index (χ2v) is 2.52. The third-order valence-electron chi connectivity index (χ3n) is 1.47. The predicted octanol–water partition coefficient (Wildman–Crippen LogP) is -0.0257. The topological polar surface area (TPSA) is 92.4 Å². The van der Waals surface area contributed by atoms with Gasteiger partial charge in [-0.05, 0) is 6.92 Å². The summed E-state index contributed by atoms with van der Waals surface area (Å²) in [6.07, 6.45) is 1.20. The Kier molecular flexibility index (Phi) is 2.32. The number of carboxylic acid groups (broad SMARTS) is 2. The van der Waals surface area contributed by atoms with Crippen LogP contribution in [0.15, 0.2) is 6.20 Å². The molecule has 0 aliphatic carbocycles. The Bertz CT molecular complexity index is 355. The molecule has 6 heteroatoms. The summed E-state index contributed by atoms with van der Waals surface area (Å²) in [6, 6.07) is 0. The predicted molar refractivity (Wildman–Crippen MR) is 41.6 cm³/mol. The number of carboxylic acids is 2. The fourth-order valence-electron chi connectivity index (χ4n) is 0.947. The van der Waals surface area contributed by atoms with E-state index in [1.807, 2.05) is 0 Å². The van der Waals surface area contributed by atoms with Gasteiger partial charge in [0.25, 0.3) is 0 Å². The van der Waals surface area contributed by atoms with E-state index in [1.54, 1.807) is 0 Å². The molecule has 0 unspecified atom stereocenters. The highest BCUT2D eigenvalue weighted by molar-refractivity contribution is 5.88. The van der Waals surface area contributed by atoms with E-state index in [-0.39, 0.29) is 12.1 Å². The van der Waals surface area contributed by atoms with Gasteiger partial charge in [0, 0.05) is 6.20 Å².